The summed E-state index contributed by atoms with van der Waals surface area (Å²) in [6.45, 7) is 7.68. The molecule has 4 atom stereocenters. The standard InChI is InChI=1S/C12H23N3O/c1-8(2)11(12(13)16)14-10-4-6-15-5-3-9(10)7-15/h8-11,14H,3-7H2,1-2H3,(H2,13,16). The number of piperidine rings is 1. The lowest BCUT2D eigenvalue weighted by molar-refractivity contribution is -0.121. The normalized spacial score (nSPS) is 35.3. The lowest BCUT2D eigenvalue weighted by Gasteiger charge is -2.34. The lowest BCUT2D eigenvalue weighted by Crippen LogP contribution is -2.54. The topological polar surface area (TPSA) is 58.4 Å². The van der Waals surface area contributed by atoms with Gasteiger partial charge in [0.15, 0.2) is 0 Å². The van der Waals surface area contributed by atoms with Crippen LogP contribution in [0.4, 0.5) is 0 Å². The van der Waals surface area contributed by atoms with Crippen molar-refractivity contribution in [3.63, 3.8) is 0 Å². The molecule has 0 aliphatic carbocycles. The van der Waals surface area contributed by atoms with E-state index in [2.05, 4.69) is 10.2 Å². The Balaban J connectivity index is 1.94. The average Bonchev–Trinajstić information content (AvgIpc) is 2.59. The van der Waals surface area contributed by atoms with Crippen LogP contribution >= 0.6 is 0 Å². The first-order chi connectivity index (χ1) is 7.58. The SMILES string of the molecule is CC(C)C(NC1CCN2CCC1C2)C(N)=O. The predicted octanol–water partition coefficient (Wildman–Crippen LogP) is 0.180. The molecule has 2 saturated heterocycles. The third kappa shape index (κ3) is 2.38. The monoisotopic (exact) mass is 225 g/mol. The van der Waals surface area contributed by atoms with Gasteiger partial charge in [-0.3, -0.25) is 4.79 Å². The van der Waals surface area contributed by atoms with Gasteiger partial charge in [-0.15, -0.1) is 0 Å². The zero-order chi connectivity index (χ0) is 11.7. The van der Waals surface area contributed by atoms with E-state index in [9.17, 15) is 4.79 Å². The molecule has 2 bridgehead atoms. The first-order valence-corrected chi connectivity index (χ1v) is 6.35. The molecule has 16 heavy (non-hydrogen) atoms. The highest BCUT2D eigenvalue weighted by atomic mass is 16.1. The fraction of sp³-hybridized carbons (Fsp3) is 0.917. The van der Waals surface area contributed by atoms with Crippen molar-refractivity contribution >= 4 is 5.91 Å². The van der Waals surface area contributed by atoms with E-state index in [1.165, 1.54) is 19.5 Å². The van der Waals surface area contributed by atoms with Crippen LogP contribution in [0.3, 0.4) is 0 Å². The Labute approximate surface area is 97.6 Å². The first-order valence-electron chi connectivity index (χ1n) is 6.35. The van der Waals surface area contributed by atoms with Crippen LogP contribution in [0.5, 0.6) is 0 Å². The maximum Gasteiger partial charge on any atom is 0.234 e. The number of hydrogen-bond donors (Lipinski definition) is 2. The number of nitrogens with zero attached hydrogens (tertiary/aromatic N) is 1. The van der Waals surface area contributed by atoms with Crippen molar-refractivity contribution in [1.29, 1.82) is 0 Å². The Hall–Kier alpha value is -0.610. The molecular weight excluding hydrogens is 202 g/mol. The van der Waals surface area contributed by atoms with E-state index in [4.69, 9.17) is 5.73 Å². The molecule has 3 N–H and O–H groups in total. The van der Waals surface area contributed by atoms with E-state index in [0.717, 1.165) is 13.0 Å². The molecule has 0 saturated carbocycles. The maximum absolute atomic E-state index is 11.4. The molecule has 1 amide bonds. The van der Waals surface area contributed by atoms with Crippen molar-refractivity contribution in [2.24, 2.45) is 17.6 Å². The van der Waals surface area contributed by atoms with Crippen LogP contribution in [-0.2, 0) is 4.79 Å². The summed E-state index contributed by atoms with van der Waals surface area (Å²) in [5.41, 5.74) is 5.44. The second-order valence-corrected chi connectivity index (χ2v) is 5.54. The Bertz CT molecular complexity index is 267. The summed E-state index contributed by atoms with van der Waals surface area (Å²) in [4.78, 5) is 13.9. The highest BCUT2D eigenvalue weighted by Gasteiger charge is 2.36. The van der Waals surface area contributed by atoms with Gasteiger partial charge in [0.05, 0.1) is 6.04 Å². The van der Waals surface area contributed by atoms with Crippen molar-refractivity contribution in [3.8, 4) is 0 Å². The summed E-state index contributed by atoms with van der Waals surface area (Å²) in [7, 11) is 0. The second kappa shape index (κ2) is 4.72. The molecular formula is C12H23N3O. The minimum atomic E-state index is -0.213. The second-order valence-electron chi connectivity index (χ2n) is 5.54. The number of nitrogens with one attached hydrogen (secondary N) is 1. The van der Waals surface area contributed by atoms with E-state index >= 15 is 0 Å². The fourth-order valence-corrected chi connectivity index (χ4v) is 3.00. The Morgan fingerprint density at radius 3 is 2.69 bits per heavy atom. The highest BCUT2D eigenvalue weighted by Crippen LogP contribution is 2.27. The van der Waals surface area contributed by atoms with Crippen molar-refractivity contribution in [3.05, 3.63) is 0 Å². The van der Waals surface area contributed by atoms with Gasteiger partial charge < -0.3 is 16.0 Å². The molecule has 2 fully saturated rings. The number of amides is 1. The summed E-state index contributed by atoms with van der Waals surface area (Å²) in [6, 6.07) is 0.316. The molecule has 0 aromatic carbocycles. The summed E-state index contributed by atoms with van der Waals surface area (Å²) < 4.78 is 0. The molecule has 0 aromatic rings. The van der Waals surface area contributed by atoms with Gasteiger partial charge in [-0.05, 0) is 37.8 Å². The number of carbonyl (C=O) groups excluding carboxylic acids is 1. The van der Waals surface area contributed by atoms with Gasteiger partial charge in [-0.2, -0.15) is 0 Å². The van der Waals surface area contributed by atoms with Gasteiger partial charge in [0, 0.05) is 12.6 Å². The molecule has 92 valence electrons. The maximum atomic E-state index is 11.4. The molecule has 2 heterocycles. The molecule has 4 unspecified atom stereocenters. The van der Waals surface area contributed by atoms with Crippen LogP contribution in [-0.4, -0.2) is 42.5 Å². The van der Waals surface area contributed by atoms with Gasteiger partial charge >= 0.3 is 0 Å². The largest absolute Gasteiger partial charge is 0.368 e. The van der Waals surface area contributed by atoms with Crippen LogP contribution in [0.1, 0.15) is 26.7 Å². The summed E-state index contributed by atoms with van der Waals surface area (Å²) in [5.74, 6) is 0.779. The molecule has 4 heteroatoms. The zero-order valence-electron chi connectivity index (χ0n) is 10.3. The molecule has 0 aromatic heterocycles. The molecule has 4 nitrogen and oxygen atoms in total. The summed E-state index contributed by atoms with van der Waals surface area (Å²) in [5, 5.41) is 3.48. The van der Waals surface area contributed by atoms with E-state index in [1.54, 1.807) is 0 Å². The summed E-state index contributed by atoms with van der Waals surface area (Å²) in [6.07, 6.45) is 2.42. The lowest BCUT2D eigenvalue weighted by atomic mass is 9.91. The first kappa shape index (κ1) is 11.9. The number of carbonyl (C=O) groups is 1. The predicted molar refractivity (Wildman–Crippen MR) is 63.9 cm³/mol. The Kier molecular flexibility index (Phi) is 3.50. The van der Waals surface area contributed by atoms with Gasteiger partial charge in [0.2, 0.25) is 5.91 Å². The third-order valence-corrected chi connectivity index (χ3v) is 4.00. The van der Waals surface area contributed by atoms with E-state index in [-0.39, 0.29) is 17.9 Å². The minimum absolute atomic E-state index is 0.169. The average molecular weight is 225 g/mol. The van der Waals surface area contributed by atoms with Crippen LogP contribution in [0.15, 0.2) is 0 Å². The number of fused-ring (bicyclic) bond motifs is 2. The minimum Gasteiger partial charge on any atom is -0.368 e. The molecule has 2 aliphatic rings. The van der Waals surface area contributed by atoms with E-state index in [1.807, 2.05) is 13.8 Å². The number of rotatable bonds is 4. The van der Waals surface area contributed by atoms with Crippen LogP contribution < -0.4 is 11.1 Å². The van der Waals surface area contributed by atoms with Crippen molar-refractivity contribution in [2.75, 3.05) is 19.6 Å². The van der Waals surface area contributed by atoms with Crippen molar-refractivity contribution in [2.45, 2.75) is 38.8 Å². The smallest absolute Gasteiger partial charge is 0.234 e. The molecule has 0 spiro atoms. The van der Waals surface area contributed by atoms with E-state index in [0.29, 0.717) is 12.0 Å². The van der Waals surface area contributed by atoms with Gasteiger partial charge in [0.25, 0.3) is 0 Å². The zero-order valence-corrected chi connectivity index (χ0v) is 10.3. The Morgan fingerprint density at radius 2 is 2.06 bits per heavy atom. The van der Waals surface area contributed by atoms with Gasteiger partial charge in [-0.25, -0.2) is 0 Å². The van der Waals surface area contributed by atoms with E-state index < -0.39 is 0 Å². The fourth-order valence-electron chi connectivity index (χ4n) is 3.00. The highest BCUT2D eigenvalue weighted by molar-refractivity contribution is 5.80. The van der Waals surface area contributed by atoms with Crippen molar-refractivity contribution in [1.82, 2.24) is 10.2 Å². The van der Waals surface area contributed by atoms with Gasteiger partial charge in [-0.1, -0.05) is 13.8 Å². The Morgan fingerprint density at radius 1 is 1.38 bits per heavy atom. The number of primary amides is 1. The summed E-state index contributed by atoms with van der Waals surface area (Å²) >= 11 is 0. The van der Waals surface area contributed by atoms with Crippen LogP contribution in [0, 0.1) is 11.8 Å². The number of nitrogens with two attached hydrogens (primary N) is 1. The van der Waals surface area contributed by atoms with Crippen LogP contribution in [0.2, 0.25) is 0 Å². The quantitative estimate of drug-likeness (QED) is 0.717. The van der Waals surface area contributed by atoms with Crippen LogP contribution in [0.25, 0.3) is 0 Å². The third-order valence-electron chi connectivity index (χ3n) is 4.00. The number of hydrogen-bond acceptors (Lipinski definition) is 3. The van der Waals surface area contributed by atoms with Crippen molar-refractivity contribution < 1.29 is 4.79 Å². The molecule has 0 radical (unpaired) electrons. The molecule has 2 aliphatic heterocycles. The van der Waals surface area contributed by atoms with Gasteiger partial charge in [0.1, 0.15) is 0 Å². The molecule has 2 rings (SSSR count).